The zero-order valence-electron chi connectivity index (χ0n) is 12.2. The molecule has 2 unspecified atom stereocenters. The largest absolute Gasteiger partial charge is 0.342 e. The van der Waals surface area contributed by atoms with Crippen molar-refractivity contribution >= 4 is 11.8 Å². The van der Waals surface area contributed by atoms with Crippen molar-refractivity contribution in [2.45, 2.75) is 58.4 Å². The number of amides is 2. The summed E-state index contributed by atoms with van der Waals surface area (Å²) in [6.07, 6.45) is 7.19. The van der Waals surface area contributed by atoms with Gasteiger partial charge in [0.25, 0.3) is 0 Å². The van der Waals surface area contributed by atoms with Crippen LogP contribution in [0.2, 0.25) is 0 Å². The fourth-order valence-corrected chi connectivity index (χ4v) is 3.19. The van der Waals surface area contributed by atoms with E-state index in [0.29, 0.717) is 5.92 Å². The van der Waals surface area contributed by atoms with Crippen LogP contribution in [0.5, 0.6) is 0 Å². The van der Waals surface area contributed by atoms with Gasteiger partial charge < -0.3 is 10.2 Å². The molecule has 1 aliphatic carbocycles. The Labute approximate surface area is 115 Å². The second-order valence-corrected chi connectivity index (χ2v) is 6.15. The van der Waals surface area contributed by atoms with E-state index in [1.807, 2.05) is 6.92 Å². The summed E-state index contributed by atoms with van der Waals surface area (Å²) in [5.74, 6) is 0.937. The van der Waals surface area contributed by atoms with E-state index in [1.165, 1.54) is 32.1 Å². The van der Waals surface area contributed by atoms with E-state index in [0.717, 1.165) is 13.0 Å². The first-order valence-corrected chi connectivity index (χ1v) is 7.70. The van der Waals surface area contributed by atoms with Gasteiger partial charge in [0.15, 0.2) is 0 Å². The normalized spacial score (nSPS) is 27.3. The second-order valence-electron chi connectivity index (χ2n) is 6.15. The van der Waals surface area contributed by atoms with E-state index in [2.05, 4.69) is 12.2 Å². The van der Waals surface area contributed by atoms with Gasteiger partial charge in [-0.2, -0.15) is 0 Å². The maximum Gasteiger partial charge on any atom is 0.245 e. The molecule has 1 aliphatic heterocycles. The maximum atomic E-state index is 12.5. The molecule has 0 radical (unpaired) electrons. The van der Waals surface area contributed by atoms with Gasteiger partial charge in [0.2, 0.25) is 11.8 Å². The molecule has 2 aliphatic rings. The first-order chi connectivity index (χ1) is 9.11. The van der Waals surface area contributed by atoms with Crippen LogP contribution in [0, 0.1) is 11.8 Å². The minimum atomic E-state index is -0.310. The molecule has 0 aromatic heterocycles. The van der Waals surface area contributed by atoms with Crippen molar-refractivity contribution in [3.8, 4) is 0 Å². The summed E-state index contributed by atoms with van der Waals surface area (Å²) in [5, 5.41) is 2.85. The lowest BCUT2D eigenvalue weighted by Gasteiger charge is -2.37. The molecule has 4 heteroatoms. The Morgan fingerprint density at radius 2 is 1.95 bits per heavy atom. The van der Waals surface area contributed by atoms with Gasteiger partial charge in [-0.25, -0.2) is 0 Å². The van der Waals surface area contributed by atoms with E-state index in [1.54, 1.807) is 4.90 Å². The molecule has 19 heavy (non-hydrogen) atoms. The van der Waals surface area contributed by atoms with Gasteiger partial charge in [0, 0.05) is 6.54 Å². The lowest BCUT2D eigenvalue weighted by Crippen LogP contribution is -2.60. The SMILES string of the molecule is CCC(C)C1NC(=O)CN(CC2CCCCC2)C1=O. The van der Waals surface area contributed by atoms with Crippen LogP contribution in [0.25, 0.3) is 0 Å². The number of nitrogens with zero attached hydrogens (tertiary/aromatic N) is 1. The molecule has 2 amide bonds. The summed E-state index contributed by atoms with van der Waals surface area (Å²) in [5.41, 5.74) is 0. The molecule has 2 atom stereocenters. The summed E-state index contributed by atoms with van der Waals surface area (Å²) < 4.78 is 0. The highest BCUT2D eigenvalue weighted by Crippen LogP contribution is 2.25. The molecule has 0 spiro atoms. The van der Waals surface area contributed by atoms with Gasteiger partial charge in [0.05, 0.1) is 6.54 Å². The Morgan fingerprint density at radius 1 is 1.26 bits per heavy atom. The fourth-order valence-electron chi connectivity index (χ4n) is 3.19. The molecule has 1 N–H and O–H groups in total. The minimum absolute atomic E-state index is 0.000657. The molecule has 2 fully saturated rings. The van der Waals surface area contributed by atoms with Crippen LogP contribution in [-0.4, -0.2) is 35.8 Å². The molecule has 1 saturated carbocycles. The lowest BCUT2D eigenvalue weighted by molar-refractivity contribution is -0.146. The molecule has 2 rings (SSSR count). The van der Waals surface area contributed by atoms with Gasteiger partial charge in [-0.1, -0.05) is 39.5 Å². The number of rotatable bonds is 4. The number of carbonyl (C=O) groups excluding carboxylic acids is 2. The predicted molar refractivity (Wildman–Crippen MR) is 74.5 cm³/mol. The maximum absolute atomic E-state index is 12.5. The molecule has 1 saturated heterocycles. The van der Waals surface area contributed by atoms with Crippen LogP contribution in [0.15, 0.2) is 0 Å². The van der Waals surface area contributed by atoms with Gasteiger partial charge in [0.1, 0.15) is 6.04 Å². The van der Waals surface area contributed by atoms with Crippen LogP contribution >= 0.6 is 0 Å². The van der Waals surface area contributed by atoms with Gasteiger partial charge >= 0.3 is 0 Å². The third-order valence-corrected chi connectivity index (χ3v) is 4.64. The smallest absolute Gasteiger partial charge is 0.245 e. The average Bonchev–Trinajstić information content (AvgIpc) is 2.42. The molecule has 0 aromatic rings. The van der Waals surface area contributed by atoms with Gasteiger partial charge in [-0.3, -0.25) is 9.59 Å². The number of piperazine rings is 1. The van der Waals surface area contributed by atoms with E-state index in [9.17, 15) is 9.59 Å². The molecular weight excluding hydrogens is 240 g/mol. The lowest BCUT2D eigenvalue weighted by atomic mass is 9.88. The Hall–Kier alpha value is -1.06. The Bertz CT molecular complexity index is 337. The van der Waals surface area contributed by atoms with E-state index in [-0.39, 0.29) is 30.3 Å². The van der Waals surface area contributed by atoms with Crippen molar-refractivity contribution in [2.75, 3.05) is 13.1 Å². The predicted octanol–water partition coefficient (Wildman–Crippen LogP) is 1.94. The minimum Gasteiger partial charge on any atom is -0.342 e. The summed E-state index contributed by atoms with van der Waals surface area (Å²) in [6.45, 7) is 5.12. The van der Waals surface area contributed by atoms with Crippen LogP contribution < -0.4 is 5.32 Å². The highest BCUT2D eigenvalue weighted by atomic mass is 16.2. The first-order valence-electron chi connectivity index (χ1n) is 7.70. The standard InChI is InChI=1S/C15H26N2O2/c1-3-11(2)14-15(19)17(10-13(18)16-14)9-12-7-5-4-6-8-12/h11-12,14H,3-10H2,1-2H3,(H,16,18). The molecule has 0 aromatic carbocycles. The van der Waals surface area contributed by atoms with Gasteiger partial charge in [-0.15, -0.1) is 0 Å². The Kier molecular flexibility index (Phi) is 4.83. The summed E-state index contributed by atoms with van der Waals surface area (Å²) in [4.78, 5) is 26.0. The Balaban J connectivity index is 1.98. The first kappa shape index (κ1) is 14.4. The summed E-state index contributed by atoms with van der Waals surface area (Å²) in [7, 11) is 0. The quantitative estimate of drug-likeness (QED) is 0.845. The fraction of sp³-hybridized carbons (Fsp3) is 0.867. The highest BCUT2D eigenvalue weighted by Gasteiger charge is 2.36. The molecular formula is C15H26N2O2. The number of hydrogen-bond donors (Lipinski definition) is 1. The average molecular weight is 266 g/mol. The third-order valence-electron chi connectivity index (χ3n) is 4.64. The molecule has 4 nitrogen and oxygen atoms in total. The highest BCUT2D eigenvalue weighted by molar-refractivity contribution is 5.95. The Morgan fingerprint density at radius 3 is 2.58 bits per heavy atom. The van der Waals surface area contributed by atoms with Crippen LogP contribution in [0.1, 0.15) is 52.4 Å². The summed E-state index contributed by atoms with van der Waals surface area (Å²) in [6, 6.07) is -0.310. The van der Waals surface area contributed by atoms with Crippen LogP contribution in [0.3, 0.4) is 0 Å². The zero-order chi connectivity index (χ0) is 13.8. The number of carbonyl (C=O) groups is 2. The topological polar surface area (TPSA) is 49.4 Å². The van der Waals surface area contributed by atoms with Crippen molar-refractivity contribution in [3.05, 3.63) is 0 Å². The van der Waals surface area contributed by atoms with Crippen molar-refractivity contribution in [1.29, 1.82) is 0 Å². The zero-order valence-corrected chi connectivity index (χ0v) is 12.2. The van der Waals surface area contributed by atoms with Crippen LogP contribution in [0.4, 0.5) is 0 Å². The van der Waals surface area contributed by atoms with E-state index in [4.69, 9.17) is 0 Å². The molecule has 0 bridgehead atoms. The van der Waals surface area contributed by atoms with Crippen molar-refractivity contribution in [2.24, 2.45) is 11.8 Å². The van der Waals surface area contributed by atoms with Crippen molar-refractivity contribution in [3.63, 3.8) is 0 Å². The van der Waals surface area contributed by atoms with Crippen LogP contribution in [-0.2, 0) is 9.59 Å². The monoisotopic (exact) mass is 266 g/mol. The van der Waals surface area contributed by atoms with Crippen molar-refractivity contribution < 1.29 is 9.59 Å². The van der Waals surface area contributed by atoms with Gasteiger partial charge in [-0.05, 0) is 24.7 Å². The number of nitrogens with one attached hydrogen (secondary N) is 1. The number of hydrogen-bond acceptors (Lipinski definition) is 2. The van der Waals surface area contributed by atoms with Crippen molar-refractivity contribution in [1.82, 2.24) is 10.2 Å². The molecule has 108 valence electrons. The van der Waals surface area contributed by atoms with E-state index < -0.39 is 0 Å². The third kappa shape index (κ3) is 3.48. The van der Waals surface area contributed by atoms with E-state index >= 15 is 0 Å². The second kappa shape index (κ2) is 6.40. The summed E-state index contributed by atoms with van der Waals surface area (Å²) >= 11 is 0. The molecule has 1 heterocycles.